The number of benzene rings is 13. The third kappa shape index (κ3) is 7.77. The van der Waals surface area contributed by atoms with E-state index in [9.17, 15) is 5.26 Å². The summed E-state index contributed by atoms with van der Waals surface area (Å²) < 4.78 is 9.80. The molecule has 0 bridgehead atoms. The maximum atomic E-state index is 10.8. The number of nitrogens with zero attached hydrogens (tertiary/aromatic N) is 8. The van der Waals surface area contributed by atoms with Crippen molar-refractivity contribution in [2.75, 3.05) is 0 Å². The van der Waals surface area contributed by atoms with E-state index in [-0.39, 0.29) is 0 Å². The molecule has 5 aromatic heterocycles. The lowest BCUT2D eigenvalue weighted by Gasteiger charge is -2.21. The molecule has 18 aromatic rings. The first-order valence-corrected chi connectivity index (χ1v) is 30.3. The topological polar surface area (TPSA) is 82.2 Å². The van der Waals surface area contributed by atoms with Crippen molar-refractivity contribution in [2.24, 2.45) is 0 Å². The Morgan fingerprint density at radius 1 is 0.256 bits per heavy atom. The van der Waals surface area contributed by atoms with Crippen molar-refractivity contribution in [3.05, 3.63) is 309 Å². The summed E-state index contributed by atoms with van der Waals surface area (Å²) >= 11 is 0. The first-order valence-electron chi connectivity index (χ1n) is 30.3. The maximum Gasteiger partial charge on any atom is 0.164 e. The van der Waals surface area contributed by atoms with E-state index in [1.165, 1.54) is 21.5 Å². The summed E-state index contributed by atoms with van der Waals surface area (Å²) in [6, 6.07) is 110. The van der Waals surface area contributed by atoms with Crippen molar-refractivity contribution in [3.8, 4) is 85.2 Å². The van der Waals surface area contributed by atoms with E-state index < -0.39 is 0 Å². The quantitative estimate of drug-likeness (QED) is 0.144. The molecule has 0 atom stereocenters. The van der Waals surface area contributed by atoms with Crippen LogP contribution in [-0.4, -0.2) is 33.2 Å². The highest BCUT2D eigenvalue weighted by Gasteiger charge is 2.27. The Balaban J connectivity index is 0.991. The Morgan fingerprint density at radius 3 is 1.18 bits per heavy atom. The van der Waals surface area contributed by atoms with Gasteiger partial charge in [-0.3, -0.25) is 0 Å². The van der Waals surface area contributed by atoms with Gasteiger partial charge < -0.3 is 18.3 Å². The van der Waals surface area contributed by atoms with Crippen LogP contribution in [0.2, 0.25) is 0 Å². The molecule has 0 aliphatic carbocycles. The molecule has 0 radical (unpaired) electrons. The van der Waals surface area contributed by atoms with Crippen LogP contribution >= 0.6 is 0 Å². The molecular weight excluding hydrogens is 1100 g/mol. The van der Waals surface area contributed by atoms with Gasteiger partial charge in [0, 0.05) is 82.3 Å². The number of nitriles is 1. The van der Waals surface area contributed by atoms with Crippen LogP contribution in [0.3, 0.4) is 0 Å². The second-order valence-corrected chi connectivity index (χ2v) is 23.0. The predicted octanol–water partition coefficient (Wildman–Crippen LogP) is 20.5. The zero-order chi connectivity index (χ0) is 59.4. The minimum atomic E-state index is 0.543. The zero-order valence-electron chi connectivity index (χ0n) is 48.4. The molecule has 18 rings (SSSR count). The Hall–Kier alpha value is -12.4. The van der Waals surface area contributed by atoms with Crippen LogP contribution in [0.15, 0.2) is 303 Å². The van der Waals surface area contributed by atoms with Gasteiger partial charge >= 0.3 is 0 Å². The van der Waals surface area contributed by atoms with Crippen LogP contribution in [0.1, 0.15) is 5.56 Å². The first kappa shape index (κ1) is 50.8. The zero-order valence-corrected chi connectivity index (χ0v) is 48.4. The van der Waals surface area contributed by atoms with Gasteiger partial charge in [-0.1, -0.05) is 212 Å². The molecule has 8 nitrogen and oxygen atoms in total. The van der Waals surface area contributed by atoms with Gasteiger partial charge in [0.1, 0.15) is 0 Å². The highest BCUT2D eigenvalue weighted by Crippen LogP contribution is 2.48. The second-order valence-electron chi connectivity index (χ2n) is 23.0. The molecule has 418 valence electrons. The van der Waals surface area contributed by atoms with Gasteiger partial charge in [-0.2, -0.15) is 5.26 Å². The second kappa shape index (κ2) is 20.3. The van der Waals surface area contributed by atoms with Crippen molar-refractivity contribution >= 4 is 87.2 Å². The summed E-state index contributed by atoms with van der Waals surface area (Å²) in [6.45, 7) is 0. The van der Waals surface area contributed by atoms with Gasteiger partial charge in [0.05, 0.1) is 67.1 Å². The van der Waals surface area contributed by atoms with E-state index in [1.54, 1.807) is 0 Å². The molecule has 0 aliphatic heterocycles. The van der Waals surface area contributed by atoms with Crippen LogP contribution in [0.25, 0.3) is 166 Å². The molecule has 13 aromatic carbocycles. The average molecular weight is 1150 g/mol. The van der Waals surface area contributed by atoms with Crippen LogP contribution in [-0.2, 0) is 0 Å². The molecule has 0 fully saturated rings. The molecule has 0 unspecified atom stereocenters. The largest absolute Gasteiger partial charge is 0.309 e. The highest BCUT2D eigenvalue weighted by molar-refractivity contribution is 6.28. The average Bonchev–Trinajstić information content (AvgIpc) is 1.56. The molecule has 90 heavy (non-hydrogen) atoms. The lowest BCUT2D eigenvalue weighted by atomic mass is 9.93. The van der Waals surface area contributed by atoms with Gasteiger partial charge in [-0.25, -0.2) is 15.0 Å². The summed E-state index contributed by atoms with van der Waals surface area (Å²) in [6.07, 6.45) is 0. The molecule has 0 amide bonds. The summed E-state index contributed by atoms with van der Waals surface area (Å²) in [5.41, 5.74) is 19.7. The SMILES string of the molecule is N#Cc1ccccc1-c1ccc(-c2cc(-c3nc(-c4ccccc4)nc(-c4ccccc4)n3)ccc2-n2c3ccccc3c3c2ccc2c4ccccc4n(-c4ccccc4)c23)c(-n2c3ccccc3c3c2ccc2c4ccccc4n(-c4ccccc4)c23)c1. The van der Waals surface area contributed by atoms with Gasteiger partial charge in [0.2, 0.25) is 0 Å². The highest BCUT2D eigenvalue weighted by atomic mass is 15.1. The Labute approximate surface area is 516 Å². The van der Waals surface area contributed by atoms with E-state index in [0.29, 0.717) is 23.0 Å². The molecular formula is C82H50N8. The van der Waals surface area contributed by atoms with Crippen LogP contribution in [0.5, 0.6) is 0 Å². The van der Waals surface area contributed by atoms with E-state index in [4.69, 9.17) is 15.0 Å². The fourth-order valence-electron chi connectivity index (χ4n) is 14.2. The summed E-state index contributed by atoms with van der Waals surface area (Å²) in [5, 5.41) is 20.1. The Kier molecular flexibility index (Phi) is 11.5. The van der Waals surface area contributed by atoms with Crippen LogP contribution < -0.4 is 0 Å². The van der Waals surface area contributed by atoms with Crippen molar-refractivity contribution in [2.45, 2.75) is 0 Å². The third-order valence-corrected chi connectivity index (χ3v) is 18.1. The van der Waals surface area contributed by atoms with E-state index >= 15 is 0 Å². The number of rotatable bonds is 9. The van der Waals surface area contributed by atoms with Crippen molar-refractivity contribution in [3.63, 3.8) is 0 Å². The van der Waals surface area contributed by atoms with E-state index in [0.717, 1.165) is 127 Å². The summed E-state index contributed by atoms with van der Waals surface area (Å²) in [5.74, 6) is 1.70. The molecule has 5 heterocycles. The number of hydrogen-bond acceptors (Lipinski definition) is 4. The van der Waals surface area contributed by atoms with Crippen molar-refractivity contribution in [1.29, 1.82) is 5.26 Å². The molecule has 0 N–H and O–H groups in total. The summed E-state index contributed by atoms with van der Waals surface area (Å²) in [4.78, 5) is 15.9. The normalized spacial score (nSPS) is 11.8. The molecule has 0 aliphatic rings. The molecule has 0 saturated carbocycles. The van der Waals surface area contributed by atoms with Crippen molar-refractivity contribution in [1.82, 2.24) is 33.2 Å². The van der Waals surface area contributed by atoms with Crippen LogP contribution in [0, 0.1) is 11.3 Å². The fourth-order valence-corrected chi connectivity index (χ4v) is 14.2. The standard InChI is InChI=1S/C82H50N8/c83-51-56-27-13-14-32-59(56)54-41-43-62(75(50-54)90-71-40-22-18-36-66(71)77-74(90)48-45-64-61-34-16-20-38-69(61)88(79(64)77)58-30-11-4-12-31-58)67-49-55(82-85-80(52-23-5-1-6-24-52)84-81(86-82)53-25-7-2-8-26-53)42-46-72(67)89-70-39-21-17-35-65(70)76-73(89)47-44-63-60-33-15-19-37-68(60)87(78(63)76)57-28-9-3-10-29-57/h1-50H. The first-order chi connectivity index (χ1) is 44.6. The smallest absolute Gasteiger partial charge is 0.164 e. The van der Waals surface area contributed by atoms with Crippen LogP contribution in [0.4, 0.5) is 0 Å². The predicted molar refractivity (Wildman–Crippen MR) is 369 cm³/mol. The van der Waals surface area contributed by atoms with Crippen molar-refractivity contribution < 1.29 is 0 Å². The summed E-state index contributed by atoms with van der Waals surface area (Å²) in [7, 11) is 0. The van der Waals surface area contributed by atoms with Gasteiger partial charge in [0.15, 0.2) is 17.5 Å². The molecule has 0 spiro atoms. The Bertz CT molecular complexity index is 5910. The van der Waals surface area contributed by atoms with E-state index in [2.05, 4.69) is 273 Å². The minimum Gasteiger partial charge on any atom is -0.309 e. The lowest BCUT2D eigenvalue weighted by Crippen LogP contribution is -2.04. The maximum absolute atomic E-state index is 10.8. The monoisotopic (exact) mass is 1150 g/mol. The molecule has 8 heteroatoms. The van der Waals surface area contributed by atoms with Gasteiger partial charge in [-0.05, 0) is 102 Å². The van der Waals surface area contributed by atoms with E-state index in [1.807, 2.05) is 54.6 Å². The number of aromatic nitrogens is 7. The number of fused-ring (bicyclic) bond motifs is 14. The lowest BCUT2D eigenvalue weighted by molar-refractivity contribution is 1.07. The fraction of sp³-hybridized carbons (Fsp3) is 0. The van der Waals surface area contributed by atoms with Gasteiger partial charge in [-0.15, -0.1) is 0 Å². The third-order valence-electron chi connectivity index (χ3n) is 18.1. The minimum absolute atomic E-state index is 0.543. The number of hydrogen-bond donors (Lipinski definition) is 0. The van der Waals surface area contributed by atoms with Gasteiger partial charge in [0.25, 0.3) is 0 Å². The number of para-hydroxylation sites is 6. The molecule has 0 saturated heterocycles. The Morgan fingerprint density at radius 2 is 0.667 bits per heavy atom.